The van der Waals surface area contributed by atoms with E-state index < -0.39 is 0 Å². The van der Waals surface area contributed by atoms with E-state index in [0.717, 1.165) is 50.0 Å². The molecule has 232 valence electrons. The lowest BCUT2D eigenvalue weighted by molar-refractivity contribution is 0.0949. The number of pyridine rings is 1. The van der Waals surface area contributed by atoms with Crippen molar-refractivity contribution >= 4 is 17.6 Å². The van der Waals surface area contributed by atoms with Gasteiger partial charge in [0, 0.05) is 55.8 Å². The average Bonchev–Trinajstić information content (AvgIpc) is 3.70. The fourth-order valence-corrected chi connectivity index (χ4v) is 6.11. The van der Waals surface area contributed by atoms with E-state index in [9.17, 15) is 4.79 Å². The molecule has 3 atom stereocenters. The van der Waals surface area contributed by atoms with Gasteiger partial charge in [-0.15, -0.1) is 0 Å². The number of hydrogen-bond donors (Lipinski definition) is 3. The molecule has 1 saturated heterocycles. The standard InChI is InChI=1S/C33H42N8O3/c1-21(2)17-35-32(42)24-9-6-8-23(16-24)30-19-36-33(43-30)39-28-12-5-4-11-27(28)38-25-10-7-15-41(20-25)26-13-14-29(34-18-26)31-37-22(3)44-40-31/h6,8-9,13-14,16,18-19,21,25,27-28,38H,4-5,7,10-12,15,17,20H2,1-3H3,(H,35,42)(H,36,39). The monoisotopic (exact) mass is 598 g/mol. The maximum absolute atomic E-state index is 12.6. The minimum atomic E-state index is -0.0805. The van der Waals surface area contributed by atoms with Gasteiger partial charge in [-0.05, 0) is 55.9 Å². The molecule has 1 amide bonds. The molecule has 44 heavy (non-hydrogen) atoms. The summed E-state index contributed by atoms with van der Waals surface area (Å²) in [5.41, 5.74) is 3.26. The van der Waals surface area contributed by atoms with Crippen LogP contribution in [0.25, 0.3) is 22.8 Å². The highest BCUT2D eigenvalue weighted by Crippen LogP contribution is 2.28. The first kappa shape index (κ1) is 29.8. The van der Waals surface area contributed by atoms with E-state index in [4.69, 9.17) is 8.94 Å². The van der Waals surface area contributed by atoms with Crippen LogP contribution in [0, 0.1) is 12.8 Å². The molecule has 3 aromatic heterocycles. The maximum atomic E-state index is 12.6. The Morgan fingerprint density at radius 2 is 1.91 bits per heavy atom. The zero-order valence-electron chi connectivity index (χ0n) is 25.8. The second-order valence-electron chi connectivity index (χ2n) is 12.3. The molecule has 2 aliphatic rings. The minimum absolute atomic E-state index is 0.0805. The molecule has 0 spiro atoms. The third kappa shape index (κ3) is 7.27. The lowest BCUT2D eigenvalue weighted by Crippen LogP contribution is -2.54. The van der Waals surface area contributed by atoms with Gasteiger partial charge in [-0.25, -0.2) is 4.98 Å². The van der Waals surface area contributed by atoms with Gasteiger partial charge in [0.25, 0.3) is 11.9 Å². The molecule has 3 unspecified atom stereocenters. The molecule has 11 heteroatoms. The molecule has 1 aliphatic carbocycles. The Balaban J connectivity index is 1.06. The molecule has 2 fully saturated rings. The van der Waals surface area contributed by atoms with Gasteiger partial charge in [0.05, 0.1) is 18.1 Å². The number of anilines is 2. The van der Waals surface area contributed by atoms with Crippen LogP contribution in [0.4, 0.5) is 11.7 Å². The Labute approximate surface area is 258 Å². The van der Waals surface area contributed by atoms with Crippen LogP contribution in [-0.4, -0.2) is 63.8 Å². The van der Waals surface area contributed by atoms with E-state index in [1.165, 1.54) is 12.8 Å². The van der Waals surface area contributed by atoms with Crippen molar-refractivity contribution in [1.29, 1.82) is 0 Å². The summed E-state index contributed by atoms with van der Waals surface area (Å²) < 4.78 is 11.2. The summed E-state index contributed by atoms with van der Waals surface area (Å²) in [6, 6.07) is 13.0. The number of aryl methyl sites for hydroxylation is 1. The minimum Gasteiger partial charge on any atom is -0.424 e. The molecule has 0 radical (unpaired) electrons. The Kier molecular flexibility index (Phi) is 9.20. The Morgan fingerprint density at radius 3 is 2.68 bits per heavy atom. The van der Waals surface area contributed by atoms with E-state index >= 15 is 0 Å². The molecule has 3 N–H and O–H groups in total. The van der Waals surface area contributed by atoms with Gasteiger partial charge in [-0.2, -0.15) is 4.98 Å². The zero-order chi connectivity index (χ0) is 30.5. The molecule has 1 aliphatic heterocycles. The first-order valence-corrected chi connectivity index (χ1v) is 15.8. The molecule has 1 saturated carbocycles. The van der Waals surface area contributed by atoms with Gasteiger partial charge in [-0.3, -0.25) is 9.78 Å². The van der Waals surface area contributed by atoms with Crippen molar-refractivity contribution in [2.45, 2.75) is 77.4 Å². The highest BCUT2D eigenvalue weighted by Gasteiger charge is 2.30. The second-order valence-corrected chi connectivity index (χ2v) is 12.3. The lowest BCUT2D eigenvalue weighted by Gasteiger charge is -2.40. The van der Waals surface area contributed by atoms with Gasteiger partial charge in [0.1, 0.15) is 5.69 Å². The number of carbonyl (C=O) groups is 1. The summed E-state index contributed by atoms with van der Waals surface area (Å²) in [6.07, 6.45) is 10.4. The number of aromatic nitrogens is 4. The van der Waals surface area contributed by atoms with Gasteiger partial charge in [0.2, 0.25) is 11.7 Å². The normalized spacial score (nSPS) is 20.5. The zero-order valence-corrected chi connectivity index (χ0v) is 25.8. The first-order chi connectivity index (χ1) is 21.4. The summed E-state index contributed by atoms with van der Waals surface area (Å²) in [5, 5.41) is 14.5. The van der Waals surface area contributed by atoms with Crippen LogP contribution in [-0.2, 0) is 0 Å². The number of rotatable bonds is 10. The van der Waals surface area contributed by atoms with Crippen LogP contribution in [0.1, 0.15) is 68.6 Å². The van der Waals surface area contributed by atoms with E-state index in [1.54, 1.807) is 13.1 Å². The van der Waals surface area contributed by atoms with Crippen LogP contribution in [0.2, 0.25) is 0 Å². The van der Waals surface area contributed by atoms with Crippen LogP contribution in [0.3, 0.4) is 0 Å². The van der Waals surface area contributed by atoms with Crippen LogP contribution < -0.4 is 20.9 Å². The fraction of sp³-hybridized carbons (Fsp3) is 0.485. The number of nitrogens with one attached hydrogen (secondary N) is 3. The van der Waals surface area contributed by atoms with Crippen molar-refractivity contribution in [3.05, 3.63) is 60.2 Å². The highest BCUT2D eigenvalue weighted by molar-refractivity contribution is 5.95. The number of oxazole rings is 1. The second kappa shape index (κ2) is 13.6. The van der Waals surface area contributed by atoms with E-state index in [-0.39, 0.29) is 11.9 Å². The van der Waals surface area contributed by atoms with Crippen molar-refractivity contribution in [1.82, 2.24) is 30.7 Å². The summed E-state index contributed by atoms with van der Waals surface area (Å²) in [7, 11) is 0. The largest absolute Gasteiger partial charge is 0.424 e. The number of benzene rings is 1. The third-order valence-corrected chi connectivity index (χ3v) is 8.40. The molecule has 6 rings (SSSR count). The van der Waals surface area contributed by atoms with Crippen LogP contribution >= 0.6 is 0 Å². The molecular weight excluding hydrogens is 556 g/mol. The Morgan fingerprint density at radius 1 is 1.05 bits per heavy atom. The van der Waals surface area contributed by atoms with Crippen LogP contribution in [0.15, 0.2) is 57.7 Å². The molecule has 1 aromatic carbocycles. The van der Waals surface area contributed by atoms with Crippen molar-refractivity contribution in [3.63, 3.8) is 0 Å². The summed E-state index contributed by atoms with van der Waals surface area (Å²) in [5.74, 6) is 2.00. The van der Waals surface area contributed by atoms with Crippen molar-refractivity contribution in [3.8, 4) is 22.8 Å². The summed E-state index contributed by atoms with van der Waals surface area (Å²) >= 11 is 0. The SMILES string of the molecule is Cc1nc(-c2ccc(N3CCCC(NC4CCCCC4Nc4ncc(-c5cccc(C(=O)NCC(C)C)c5)o4)C3)cn2)no1. The van der Waals surface area contributed by atoms with Gasteiger partial charge >= 0.3 is 0 Å². The van der Waals surface area contributed by atoms with Crippen molar-refractivity contribution in [2.75, 3.05) is 29.9 Å². The van der Waals surface area contributed by atoms with E-state index in [0.29, 0.717) is 59.3 Å². The number of amides is 1. The predicted octanol–water partition coefficient (Wildman–Crippen LogP) is 5.46. The quantitative estimate of drug-likeness (QED) is 0.216. The Hall–Kier alpha value is -4.25. The number of hydrogen-bond acceptors (Lipinski definition) is 10. The predicted molar refractivity (Wildman–Crippen MR) is 169 cm³/mol. The van der Waals surface area contributed by atoms with Gasteiger partial charge < -0.3 is 29.8 Å². The molecule has 0 bridgehead atoms. The molecular formula is C33H42N8O3. The molecule has 4 heterocycles. The van der Waals surface area contributed by atoms with E-state index in [1.807, 2.05) is 36.5 Å². The fourth-order valence-electron chi connectivity index (χ4n) is 6.11. The maximum Gasteiger partial charge on any atom is 0.295 e. The average molecular weight is 599 g/mol. The summed E-state index contributed by atoms with van der Waals surface area (Å²) in [4.78, 5) is 28.4. The van der Waals surface area contributed by atoms with Gasteiger partial charge in [-0.1, -0.05) is 44.0 Å². The van der Waals surface area contributed by atoms with Crippen molar-refractivity contribution in [2.24, 2.45) is 5.92 Å². The number of nitrogens with zero attached hydrogens (tertiary/aromatic N) is 5. The number of carbonyl (C=O) groups excluding carboxylic acids is 1. The Bertz CT molecular complexity index is 1530. The smallest absolute Gasteiger partial charge is 0.295 e. The highest BCUT2D eigenvalue weighted by atomic mass is 16.5. The first-order valence-electron chi connectivity index (χ1n) is 15.8. The molecule has 11 nitrogen and oxygen atoms in total. The van der Waals surface area contributed by atoms with Crippen LogP contribution in [0.5, 0.6) is 0 Å². The summed E-state index contributed by atoms with van der Waals surface area (Å²) in [6.45, 7) is 8.50. The molecule has 4 aromatic rings. The van der Waals surface area contributed by atoms with Crippen molar-refractivity contribution < 1.29 is 13.7 Å². The van der Waals surface area contributed by atoms with Gasteiger partial charge in [0.15, 0.2) is 5.76 Å². The lowest BCUT2D eigenvalue weighted by atomic mass is 9.89. The number of piperidine rings is 1. The topological polar surface area (TPSA) is 134 Å². The van der Waals surface area contributed by atoms with E-state index in [2.05, 4.69) is 60.9 Å². The third-order valence-electron chi connectivity index (χ3n) is 8.40.